The second-order valence-corrected chi connectivity index (χ2v) is 5.48. The lowest BCUT2D eigenvalue weighted by Gasteiger charge is -2.10. The number of carbonyl (C=O) groups excluding carboxylic acids is 1. The van der Waals surface area contributed by atoms with Gasteiger partial charge in [-0.15, -0.1) is 0 Å². The van der Waals surface area contributed by atoms with Gasteiger partial charge in [-0.25, -0.2) is 9.97 Å². The number of carbonyl (C=O) groups is 1. The Morgan fingerprint density at radius 3 is 2.96 bits per heavy atom. The van der Waals surface area contributed by atoms with Crippen molar-refractivity contribution in [1.29, 1.82) is 0 Å². The van der Waals surface area contributed by atoms with Gasteiger partial charge >= 0.3 is 0 Å². The molecule has 0 aromatic carbocycles. The first kappa shape index (κ1) is 15.2. The van der Waals surface area contributed by atoms with Crippen LogP contribution in [0, 0.1) is 11.7 Å². The minimum Gasteiger partial charge on any atom is -0.455 e. The minimum absolute atomic E-state index is 0.189. The van der Waals surface area contributed by atoms with Crippen molar-refractivity contribution < 1.29 is 9.53 Å². The molecule has 3 aromatic heterocycles. The monoisotopic (exact) mass is 329 g/mol. The number of hydrogen-bond acceptors (Lipinski definition) is 5. The van der Waals surface area contributed by atoms with Gasteiger partial charge < -0.3 is 19.6 Å². The van der Waals surface area contributed by atoms with Gasteiger partial charge in [-0.3, -0.25) is 4.79 Å². The molecule has 0 unspecified atom stereocenters. The van der Waals surface area contributed by atoms with Crippen molar-refractivity contribution in [2.75, 3.05) is 5.32 Å². The molecule has 2 N–H and O–H groups in total. The van der Waals surface area contributed by atoms with Gasteiger partial charge in [0.2, 0.25) is 5.91 Å². The van der Waals surface area contributed by atoms with Crippen LogP contribution in [0.15, 0.2) is 24.5 Å². The van der Waals surface area contributed by atoms with E-state index in [2.05, 4.69) is 20.3 Å². The smallest absolute Gasteiger partial charge is 0.222 e. The van der Waals surface area contributed by atoms with Crippen LogP contribution in [0.25, 0.3) is 11.2 Å². The molecular weight excluding hydrogens is 314 g/mol. The van der Waals surface area contributed by atoms with Crippen molar-refractivity contribution in [2.45, 2.75) is 13.8 Å². The van der Waals surface area contributed by atoms with Gasteiger partial charge in [-0.05, 0) is 25.2 Å². The summed E-state index contributed by atoms with van der Waals surface area (Å²) < 4.78 is 8.35. The molecule has 0 aliphatic carbocycles. The Labute approximate surface area is 137 Å². The fourth-order valence-electron chi connectivity index (χ4n) is 2.32. The van der Waals surface area contributed by atoms with Crippen molar-refractivity contribution in [3.63, 3.8) is 0 Å². The van der Waals surface area contributed by atoms with E-state index in [1.165, 1.54) is 6.92 Å². The Morgan fingerprint density at radius 1 is 1.43 bits per heavy atom. The molecule has 0 radical (unpaired) electrons. The van der Waals surface area contributed by atoms with Crippen LogP contribution in [-0.2, 0) is 11.8 Å². The number of ether oxygens (including phenoxy) is 1. The first-order valence-electron chi connectivity index (χ1n) is 6.91. The lowest BCUT2D eigenvalue weighted by molar-refractivity contribution is -0.114. The number of amides is 1. The topological polar surface area (TPSA) is 84.8 Å². The molecule has 118 valence electrons. The third kappa shape index (κ3) is 2.93. The van der Waals surface area contributed by atoms with Gasteiger partial charge in [-0.1, -0.05) is 0 Å². The average molecular weight is 329 g/mol. The highest BCUT2D eigenvalue weighted by Gasteiger charge is 2.12. The van der Waals surface area contributed by atoms with E-state index in [4.69, 9.17) is 17.0 Å². The van der Waals surface area contributed by atoms with Crippen molar-refractivity contribution in [1.82, 2.24) is 19.5 Å². The quantitative estimate of drug-likeness (QED) is 0.721. The van der Waals surface area contributed by atoms with Crippen LogP contribution in [0.3, 0.4) is 0 Å². The van der Waals surface area contributed by atoms with Crippen LogP contribution < -0.4 is 10.1 Å². The van der Waals surface area contributed by atoms with E-state index in [-0.39, 0.29) is 5.91 Å². The van der Waals surface area contributed by atoms with Crippen LogP contribution in [0.2, 0.25) is 0 Å². The van der Waals surface area contributed by atoms with Crippen molar-refractivity contribution >= 4 is 35.1 Å². The molecule has 0 saturated carbocycles. The van der Waals surface area contributed by atoms with Crippen LogP contribution in [-0.4, -0.2) is 25.4 Å². The molecule has 3 rings (SSSR count). The standard InChI is InChI=1S/C15H15N5O2S/c1-8-11(7-17-14-13(8)20(3)15(23)19-14)22-10-4-5-16-12(6-10)18-9(2)21/h4-7H,1-3H3,(H,16,18,21)(H,17,19,23). The zero-order valence-electron chi connectivity index (χ0n) is 12.9. The molecule has 0 aliphatic heterocycles. The van der Waals surface area contributed by atoms with Crippen LogP contribution in [0.1, 0.15) is 12.5 Å². The maximum atomic E-state index is 11.1. The molecule has 1 amide bonds. The molecule has 0 aliphatic rings. The van der Waals surface area contributed by atoms with Gasteiger partial charge in [0.15, 0.2) is 16.2 Å². The largest absolute Gasteiger partial charge is 0.455 e. The van der Waals surface area contributed by atoms with Crippen molar-refractivity contribution in [3.05, 3.63) is 34.9 Å². The lowest BCUT2D eigenvalue weighted by Crippen LogP contribution is -2.07. The normalized spacial score (nSPS) is 10.7. The predicted octanol–water partition coefficient (Wildman–Crippen LogP) is 3.09. The van der Waals surface area contributed by atoms with Crippen LogP contribution in [0.5, 0.6) is 11.5 Å². The number of imidazole rings is 1. The Kier molecular flexibility index (Phi) is 3.83. The molecular formula is C15H15N5O2S. The van der Waals surface area contributed by atoms with E-state index in [9.17, 15) is 4.79 Å². The predicted molar refractivity (Wildman–Crippen MR) is 89.3 cm³/mol. The number of rotatable bonds is 3. The second kappa shape index (κ2) is 5.81. The summed E-state index contributed by atoms with van der Waals surface area (Å²) in [5.41, 5.74) is 2.53. The van der Waals surface area contributed by atoms with Gasteiger partial charge in [0, 0.05) is 31.8 Å². The number of nitrogens with one attached hydrogen (secondary N) is 2. The summed E-state index contributed by atoms with van der Waals surface area (Å²) >= 11 is 5.22. The zero-order chi connectivity index (χ0) is 16.6. The number of nitrogens with zero attached hydrogens (tertiary/aromatic N) is 3. The summed E-state index contributed by atoms with van der Waals surface area (Å²) in [4.78, 5) is 22.5. The second-order valence-electron chi connectivity index (χ2n) is 5.09. The number of hydrogen-bond donors (Lipinski definition) is 2. The maximum Gasteiger partial charge on any atom is 0.222 e. The molecule has 3 aromatic rings. The number of aromatic nitrogens is 4. The number of anilines is 1. The molecule has 23 heavy (non-hydrogen) atoms. The van der Waals surface area contributed by atoms with E-state index < -0.39 is 0 Å². The molecule has 0 atom stereocenters. The van der Waals surface area contributed by atoms with Gasteiger partial charge in [0.05, 0.1) is 11.7 Å². The fraction of sp³-hybridized carbons (Fsp3) is 0.200. The molecule has 8 heteroatoms. The van der Waals surface area contributed by atoms with Crippen molar-refractivity contribution in [3.8, 4) is 11.5 Å². The highest BCUT2D eigenvalue weighted by molar-refractivity contribution is 7.71. The Hall–Kier alpha value is -2.74. The Balaban J connectivity index is 1.98. The number of H-pyrrole nitrogens is 1. The average Bonchev–Trinajstić information content (AvgIpc) is 2.78. The highest BCUT2D eigenvalue weighted by Crippen LogP contribution is 2.29. The summed E-state index contributed by atoms with van der Waals surface area (Å²) in [7, 11) is 1.88. The van der Waals surface area contributed by atoms with Gasteiger partial charge in [0.1, 0.15) is 11.6 Å². The van der Waals surface area contributed by atoms with Gasteiger partial charge in [0.25, 0.3) is 0 Å². The molecule has 0 bridgehead atoms. The number of aryl methyl sites for hydroxylation is 2. The highest BCUT2D eigenvalue weighted by atomic mass is 32.1. The Morgan fingerprint density at radius 2 is 2.22 bits per heavy atom. The van der Waals surface area contributed by atoms with E-state index >= 15 is 0 Å². The van der Waals surface area contributed by atoms with E-state index in [1.54, 1.807) is 24.5 Å². The number of aromatic amines is 1. The van der Waals surface area contributed by atoms with E-state index in [0.717, 1.165) is 16.7 Å². The lowest BCUT2D eigenvalue weighted by atomic mass is 10.2. The van der Waals surface area contributed by atoms with Gasteiger partial charge in [-0.2, -0.15) is 0 Å². The molecule has 7 nitrogen and oxygen atoms in total. The molecule has 0 spiro atoms. The number of fused-ring (bicyclic) bond motifs is 1. The Bertz CT molecular complexity index is 960. The number of pyridine rings is 2. The van der Waals surface area contributed by atoms with Crippen LogP contribution in [0.4, 0.5) is 5.82 Å². The molecule has 0 saturated heterocycles. The summed E-state index contributed by atoms with van der Waals surface area (Å²) in [5, 5.41) is 2.62. The summed E-state index contributed by atoms with van der Waals surface area (Å²) in [5.74, 6) is 1.42. The van der Waals surface area contributed by atoms with Crippen molar-refractivity contribution in [2.24, 2.45) is 7.05 Å². The third-order valence-corrected chi connectivity index (χ3v) is 3.76. The molecule has 0 fully saturated rings. The minimum atomic E-state index is -0.189. The first-order valence-corrected chi connectivity index (χ1v) is 7.32. The zero-order valence-corrected chi connectivity index (χ0v) is 13.7. The van der Waals surface area contributed by atoms with Crippen LogP contribution >= 0.6 is 12.2 Å². The summed E-state index contributed by atoms with van der Waals surface area (Å²) in [6, 6.07) is 3.37. The molecule has 3 heterocycles. The SMILES string of the molecule is CC(=O)Nc1cc(Oc2cnc3[nH]c(=S)n(C)c3c2C)ccn1. The summed E-state index contributed by atoms with van der Waals surface area (Å²) in [6.45, 7) is 3.37. The van der Waals surface area contributed by atoms with E-state index in [0.29, 0.717) is 22.1 Å². The maximum absolute atomic E-state index is 11.1. The first-order chi connectivity index (χ1) is 11.0. The fourth-order valence-corrected chi connectivity index (χ4v) is 2.51. The van der Waals surface area contributed by atoms with E-state index in [1.807, 2.05) is 18.5 Å². The summed E-state index contributed by atoms with van der Waals surface area (Å²) in [6.07, 6.45) is 3.21. The third-order valence-electron chi connectivity index (χ3n) is 3.39.